The van der Waals surface area contributed by atoms with Crippen molar-refractivity contribution in [3.05, 3.63) is 94.5 Å². The zero-order valence-corrected chi connectivity index (χ0v) is 21.6. The van der Waals surface area contributed by atoms with Crippen LogP contribution in [0.25, 0.3) is 23.4 Å². The molecule has 0 radical (unpaired) electrons. The number of rotatable bonds is 10. The lowest BCUT2D eigenvalue weighted by Crippen LogP contribution is -2.32. The van der Waals surface area contributed by atoms with Crippen molar-refractivity contribution in [3.8, 4) is 11.3 Å². The lowest BCUT2D eigenvalue weighted by atomic mass is 9.92. The van der Waals surface area contributed by atoms with Gasteiger partial charge in [0.15, 0.2) is 5.69 Å². The number of hydrogen-bond donors (Lipinski definition) is 3. The molecule has 0 saturated carbocycles. The molecule has 0 bridgehead atoms. The van der Waals surface area contributed by atoms with Crippen LogP contribution in [0.1, 0.15) is 53.7 Å². The first-order chi connectivity index (χ1) is 18.9. The number of halogens is 2. The molecule has 1 aliphatic carbocycles. The quantitative estimate of drug-likeness (QED) is 0.265. The maximum atomic E-state index is 13.5. The summed E-state index contributed by atoms with van der Waals surface area (Å²) < 4.78 is 26.9. The normalized spacial score (nSPS) is 14.7. The van der Waals surface area contributed by atoms with Crippen molar-refractivity contribution >= 4 is 23.7 Å². The van der Waals surface area contributed by atoms with Crippen LogP contribution in [-0.2, 0) is 6.54 Å². The van der Waals surface area contributed by atoms with Crippen molar-refractivity contribution in [2.75, 3.05) is 11.9 Å². The van der Waals surface area contributed by atoms with Crippen molar-refractivity contribution in [1.82, 2.24) is 25.5 Å². The number of pyridine rings is 2. The van der Waals surface area contributed by atoms with Gasteiger partial charge in [-0.05, 0) is 29.7 Å². The number of alkyl halides is 2. The third-order valence-corrected chi connectivity index (χ3v) is 6.84. The lowest BCUT2D eigenvalue weighted by Gasteiger charge is -2.16. The molecule has 0 saturated heterocycles. The third-order valence-electron chi connectivity index (χ3n) is 6.84. The molecular weight excluding hydrogens is 498 g/mol. The Bertz CT molecular complexity index is 1550. The number of carbonyl (C=O) groups is 1. The van der Waals surface area contributed by atoms with E-state index in [9.17, 15) is 13.6 Å². The second-order valence-corrected chi connectivity index (χ2v) is 9.63. The topological polar surface area (TPSA) is 95.6 Å². The number of anilines is 1. The van der Waals surface area contributed by atoms with E-state index in [1.165, 1.54) is 6.92 Å². The van der Waals surface area contributed by atoms with Gasteiger partial charge in [-0.3, -0.25) is 19.9 Å². The van der Waals surface area contributed by atoms with Gasteiger partial charge in [-0.25, -0.2) is 8.78 Å². The number of nitrogens with one attached hydrogen (secondary N) is 3. The van der Waals surface area contributed by atoms with E-state index >= 15 is 0 Å². The van der Waals surface area contributed by atoms with Gasteiger partial charge < -0.3 is 10.6 Å². The third kappa shape index (κ3) is 6.43. The van der Waals surface area contributed by atoms with Gasteiger partial charge in [0.1, 0.15) is 0 Å². The van der Waals surface area contributed by atoms with Gasteiger partial charge in [0.2, 0.25) is 5.92 Å². The Balaban J connectivity index is 1.27. The molecule has 0 aliphatic heterocycles. The first-order valence-electron chi connectivity index (χ1n) is 13.0. The predicted octanol–water partition coefficient (Wildman–Crippen LogP) is 4.39. The van der Waals surface area contributed by atoms with Crippen LogP contribution >= 0.6 is 0 Å². The Morgan fingerprint density at radius 2 is 1.97 bits per heavy atom. The maximum Gasteiger partial charge on any atom is 0.276 e. The first-order valence-corrected chi connectivity index (χ1v) is 13.0. The van der Waals surface area contributed by atoms with Crippen LogP contribution in [-0.4, -0.2) is 38.5 Å². The number of aromatic amines is 1. The molecule has 1 aliphatic rings. The SMILES string of the molecule is CCC(F)(F)CCNCc1cncc(C2C=c3c(C(=O)Nc4ccc(-c5ccccc5)nc4)n[nH]c3=CC2)c1. The van der Waals surface area contributed by atoms with Crippen molar-refractivity contribution in [1.29, 1.82) is 0 Å². The first kappa shape index (κ1) is 26.4. The fourth-order valence-corrected chi connectivity index (χ4v) is 4.53. The van der Waals surface area contributed by atoms with E-state index < -0.39 is 5.92 Å². The van der Waals surface area contributed by atoms with Crippen LogP contribution in [0.15, 0.2) is 67.1 Å². The summed E-state index contributed by atoms with van der Waals surface area (Å²) in [6.45, 7) is 2.18. The zero-order valence-electron chi connectivity index (χ0n) is 21.6. The molecule has 0 spiro atoms. The fourth-order valence-electron chi connectivity index (χ4n) is 4.53. The standard InChI is InChI=1S/C30H30F2N6O/c1-2-30(31,32)12-13-33-16-20-14-23(18-34-17-20)22-8-10-27-25(15-22)28(38-37-27)29(39)36-24-9-11-26(35-19-24)21-6-4-3-5-7-21/h3-7,9-11,14-15,17-19,22,33,37H,2,8,12-13,16H2,1H3,(H,36,39). The van der Waals surface area contributed by atoms with Crippen LogP contribution in [0.2, 0.25) is 0 Å². The fraction of sp³-hybridized carbons (Fsp3) is 0.267. The van der Waals surface area contributed by atoms with Crippen molar-refractivity contribution in [2.45, 2.75) is 44.6 Å². The molecule has 1 amide bonds. The molecule has 1 unspecified atom stereocenters. The van der Waals surface area contributed by atoms with E-state index in [1.54, 1.807) is 18.6 Å². The van der Waals surface area contributed by atoms with Crippen molar-refractivity contribution < 1.29 is 13.6 Å². The van der Waals surface area contributed by atoms with Crippen LogP contribution in [0.5, 0.6) is 0 Å². The van der Waals surface area contributed by atoms with Crippen molar-refractivity contribution in [2.24, 2.45) is 0 Å². The average Bonchev–Trinajstić information content (AvgIpc) is 3.40. The molecule has 39 heavy (non-hydrogen) atoms. The van der Waals surface area contributed by atoms with E-state index in [4.69, 9.17) is 0 Å². The monoisotopic (exact) mass is 528 g/mol. The summed E-state index contributed by atoms with van der Waals surface area (Å²) in [5.74, 6) is -2.97. The molecule has 4 aromatic rings. The van der Waals surface area contributed by atoms with Gasteiger partial charge in [0.05, 0.1) is 22.9 Å². The highest BCUT2D eigenvalue weighted by atomic mass is 19.3. The predicted molar refractivity (Wildman–Crippen MR) is 148 cm³/mol. The van der Waals surface area contributed by atoms with Crippen molar-refractivity contribution in [3.63, 3.8) is 0 Å². The molecule has 9 heteroatoms. The smallest absolute Gasteiger partial charge is 0.276 e. The summed E-state index contributed by atoms with van der Waals surface area (Å²) in [4.78, 5) is 21.9. The van der Waals surface area contributed by atoms with E-state index in [2.05, 4.69) is 30.8 Å². The Labute approximate surface area is 225 Å². The summed E-state index contributed by atoms with van der Waals surface area (Å²) in [5, 5.41) is 14.7. The Kier molecular flexibility index (Phi) is 7.88. The second-order valence-electron chi connectivity index (χ2n) is 9.63. The zero-order chi connectivity index (χ0) is 27.2. The largest absolute Gasteiger partial charge is 0.319 e. The van der Waals surface area contributed by atoms with Gasteiger partial charge in [-0.2, -0.15) is 5.10 Å². The minimum atomic E-state index is -2.64. The molecule has 1 atom stereocenters. The van der Waals surface area contributed by atoms with Gasteiger partial charge in [-0.15, -0.1) is 0 Å². The molecule has 5 rings (SSSR count). The summed E-state index contributed by atoms with van der Waals surface area (Å²) in [5.41, 5.74) is 4.61. The number of amides is 1. The number of benzene rings is 1. The highest BCUT2D eigenvalue weighted by Gasteiger charge is 2.25. The van der Waals surface area contributed by atoms with Gasteiger partial charge in [-0.1, -0.05) is 55.5 Å². The Morgan fingerprint density at radius 3 is 2.74 bits per heavy atom. The minimum absolute atomic E-state index is 0.00495. The maximum absolute atomic E-state index is 13.5. The Hall–Kier alpha value is -4.24. The Morgan fingerprint density at radius 1 is 1.13 bits per heavy atom. The van der Waals surface area contributed by atoms with Gasteiger partial charge >= 0.3 is 0 Å². The van der Waals surface area contributed by atoms with Crippen LogP contribution in [0.3, 0.4) is 0 Å². The van der Waals surface area contributed by atoms with E-state index in [0.717, 1.165) is 39.4 Å². The lowest BCUT2D eigenvalue weighted by molar-refractivity contribution is -0.0108. The number of fused-ring (bicyclic) bond motifs is 1. The number of H-pyrrole nitrogens is 1. The highest BCUT2D eigenvalue weighted by Crippen LogP contribution is 2.24. The van der Waals surface area contributed by atoms with E-state index in [-0.39, 0.29) is 31.2 Å². The molecule has 200 valence electrons. The van der Waals surface area contributed by atoms with Crippen LogP contribution in [0, 0.1) is 0 Å². The second kappa shape index (κ2) is 11.7. The molecule has 0 fully saturated rings. The van der Waals surface area contributed by atoms with E-state index in [0.29, 0.717) is 17.9 Å². The molecule has 3 N–H and O–H groups in total. The molecule has 1 aromatic carbocycles. The number of nitrogens with zero attached hydrogens (tertiary/aromatic N) is 3. The average molecular weight is 529 g/mol. The number of aromatic nitrogens is 4. The minimum Gasteiger partial charge on any atom is -0.319 e. The van der Waals surface area contributed by atoms with Gasteiger partial charge in [0, 0.05) is 55.0 Å². The highest BCUT2D eigenvalue weighted by molar-refractivity contribution is 6.03. The summed E-state index contributed by atoms with van der Waals surface area (Å²) in [6, 6.07) is 15.5. The summed E-state index contributed by atoms with van der Waals surface area (Å²) in [7, 11) is 0. The van der Waals surface area contributed by atoms with Crippen LogP contribution in [0.4, 0.5) is 14.5 Å². The number of carbonyl (C=O) groups excluding carboxylic acids is 1. The molecular formula is C30H30F2N6O. The summed E-state index contributed by atoms with van der Waals surface area (Å²) in [6.07, 6.45) is 9.60. The van der Waals surface area contributed by atoms with E-state index in [1.807, 2.05) is 60.7 Å². The molecule has 7 nitrogen and oxygen atoms in total. The molecule has 3 heterocycles. The molecule has 3 aromatic heterocycles. The summed E-state index contributed by atoms with van der Waals surface area (Å²) >= 11 is 0. The number of hydrogen-bond acceptors (Lipinski definition) is 5. The van der Waals surface area contributed by atoms with Crippen LogP contribution < -0.4 is 21.2 Å². The van der Waals surface area contributed by atoms with Gasteiger partial charge in [0.25, 0.3) is 5.91 Å².